The maximum absolute atomic E-state index is 13.3. The maximum atomic E-state index is 13.3. The molecule has 0 unspecified atom stereocenters. The molecule has 3 heteroatoms. The van der Waals surface area contributed by atoms with Crippen molar-refractivity contribution in [1.82, 2.24) is 0 Å². The topological polar surface area (TPSA) is 49.8 Å². The number of halogens is 1. The van der Waals surface area contributed by atoms with Crippen molar-refractivity contribution in [2.75, 3.05) is 0 Å². The third-order valence-corrected chi connectivity index (χ3v) is 2.22. The Bertz CT molecular complexity index is 237. The van der Waals surface area contributed by atoms with E-state index in [9.17, 15) is 4.39 Å². The molecule has 1 fully saturated rings. The second-order valence-electron chi connectivity index (χ2n) is 3.24. The number of allylic oxidation sites excluding steroid dienone is 1. The molecule has 12 heavy (non-hydrogen) atoms. The van der Waals surface area contributed by atoms with Crippen molar-refractivity contribution in [3.05, 3.63) is 11.4 Å². The van der Waals surface area contributed by atoms with Crippen molar-refractivity contribution in [1.29, 1.82) is 5.26 Å². The van der Waals surface area contributed by atoms with Gasteiger partial charge in [-0.2, -0.15) is 5.26 Å². The summed E-state index contributed by atoms with van der Waals surface area (Å²) in [7, 11) is 0. The van der Waals surface area contributed by atoms with Crippen molar-refractivity contribution in [2.24, 2.45) is 11.7 Å². The summed E-state index contributed by atoms with van der Waals surface area (Å²) < 4.78 is 13.3. The molecule has 0 bridgehead atoms. The smallest absolute Gasteiger partial charge is 0.117 e. The standard InChI is InChI=1S/C9H13FN2/c1-6(12)9(10)8-4-2-3-7(8)5-11/h6-7H,2-4,12H2,1H3/b9-8-/t6-,7+/m1/s1. The number of rotatable bonds is 1. The summed E-state index contributed by atoms with van der Waals surface area (Å²) >= 11 is 0. The molecule has 0 heterocycles. The Kier molecular flexibility index (Phi) is 2.83. The van der Waals surface area contributed by atoms with E-state index in [0.717, 1.165) is 12.8 Å². The van der Waals surface area contributed by atoms with E-state index in [1.54, 1.807) is 6.92 Å². The summed E-state index contributed by atoms with van der Waals surface area (Å²) in [5.41, 5.74) is 6.02. The minimum absolute atomic E-state index is 0.226. The van der Waals surface area contributed by atoms with Gasteiger partial charge < -0.3 is 5.73 Å². The molecule has 0 aromatic carbocycles. The van der Waals surface area contributed by atoms with Gasteiger partial charge in [-0.25, -0.2) is 4.39 Å². The predicted molar refractivity (Wildman–Crippen MR) is 44.7 cm³/mol. The van der Waals surface area contributed by atoms with Crippen LogP contribution in [0.4, 0.5) is 4.39 Å². The van der Waals surface area contributed by atoms with Gasteiger partial charge in [0.15, 0.2) is 0 Å². The zero-order valence-corrected chi connectivity index (χ0v) is 7.18. The number of hydrogen-bond donors (Lipinski definition) is 1. The third kappa shape index (κ3) is 1.64. The molecule has 0 aromatic heterocycles. The first-order valence-electron chi connectivity index (χ1n) is 4.20. The fourth-order valence-electron chi connectivity index (χ4n) is 1.57. The van der Waals surface area contributed by atoms with Crippen molar-refractivity contribution < 1.29 is 4.39 Å². The molecule has 2 atom stereocenters. The Morgan fingerprint density at radius 1 is 1.83 bits per heavy atom. The molecule has 0 aromatic rings. The normalized spacial score (nSPS) is 29.7. The number of nitrogens with two attached hydrogens (primary N) is 1. The van der Waals surface area contributed by atoms with Crippen molar-refractivity contribution in [3.8, 4) is 6.07 Å². The molecule has 2 N–H and O–H groups in total. The fourth-order valence-corrected chi connectivity index (χ4v) is 1.57. The molecule has 1 aliphatic rings. The Hall–Kier alpha value is -0.880. The molecule has 66 valence electrons. The van der Waals surface area contributed by atoms with Gasteiger partial charge in [0.2, 0.25) is 0 Å². The Morgan fingerprint density at radius 3 is 3.00 bits per heavy atom. The Balaban J connectivity index is 2.86. The molecule has 0 spiro atoms. The van der Waals surface area contributed by atoms with E-state index in [0.29, 0.717) is 12.0 Å². The lowest BCUT2D eigenvalue weighted by Gasteiger charge is -2.08. The molecule has 0 saturated heterocycles. The first-order chi connectivity index (χ1) is 5.66. The van der Waals surface area contributed by atoms with Crippen molar-refractivity contribution >= 4 is 0 Å². The molecule has 1 saturated carbocycles. The zero-order chi connectivity index (χ0) is 9.14. The lowest BCUT2D eigenvalue weighted by atomic mass is 10.0. The van der Waals surface area contributed by atoms with Crippen LogP contribution in [0.25, 0.3) is 0 Å². The van der Waals surface area contributed by atoms with Crippen LogP contribution in [-0.4, -0.2) is 6.04 Å². The van der Waals surface area contributed by atoms with Crippen molar-refractivity contribution in [3.63, 3.8) is 0 Å². The summed E-state index contributed by atoms with van der Waals surface area (Å²) in [6.07, 6.45) is 2.39. The van der Waals surface area contributed by atoms with Crippen LogP contribution in [0.15, 0.2) is 11.4 Å². The molecule has 0 radical (unpaired) electrons. The highest BCUT2D eigenvalue weighted by Crippen LogP contribution is 2.33. The summed E-state index contributed by atoms with van der Waals surface area (Å²) in [5.74, 6) is -0.505. The average molecular weight is 168 g/mol. The van der Waals surface area contributed by atoms with Crippen LogP contribution < -0.4 is 5.73 Å². The van der Waals surface area contributed by atoms with Gasteiger partial charge in [0.25, 0.3) is 0 Å². The second-order valence-corrected chi connectivity index (χ2v) is 3.24. The predicted octanol–water partition coefficient (Wildman–Crippen LogP) is 1.88. The van der Waals surface area contributed by atoms with Crippen LogP contribution in [0.5, 0.6) is 0 Å². The number of nitrogens with zero attached hydrogens (tertiary/aromatic N) is 1. The van der Waals surface area contributed by atoms with Crippen molar-refractivity contribution in [2.45, 2.75) is 32.2 Å². The molecule has 1 rings (SSSR count). The summed E-state index contributed by atoms with van der Waals surface area (Å²) in [6.45, 7) is 1.61. The maximum Gasteiger partial charge on any atom is 0.117 e. The third-order valence-electron chi connectivity index (χ3n) is 2.22. The highest BCUT2D eigenvalue weighted by Gasteiger charge is 2.25. The monoisotopic (exact) mass is 168 g/mol. The van der Waals surface area contributed by atoms with Crippen LogP contribution in [0, 0.1) is 17.2 Å². The number of nitriles is 1. The van der Waals surface area contributed by atoms with E-state index >= 15 is 0 Å². The van der Waals surface area contributed by atoms with E-state index < -0.39 is 6.04 Å². The molecule has 0 amide bonds. The summed E-state index contributed by atoms with van der Waals surface area (Å²) in [6, 6.07) is 1.54. The first-order valence-corrected chi connectivity index (χ1v) is 4.20. The molecule has 1 aliphatic carbocycles. The highest BCUT2D eigenvalue weighted by atomic mass is 19.1. The van der Waals surface area contributed by atoms with Gasteiger partial charge in [0, 0.05) is 0 Å². The van der Waals surface area contributed by atoms with E-state index in [4.69, 9.17) is 11.0 Å². The fraction of sp³-hybridized carbons (Fsp3) is 0.667. The first kappa shape index (κ1) is 9.21. The minimum Gasteiger partial charge on any atom is -0.322 e. The molecular weight excluding hydrogens is 155 g/mol. The van der Waals surface area contributed by atoms with E-state index in [2.05, 4.69) is 6.07 Å². The van der Waals surface area contributed by atoms with Crippen LogP contribution in [-0.2, 0) is 0 Å². The number of hydrogen-bond acceptors (Lipinski definition) is 2. The molecule has 0 aliphatic heterocycles. The van der Waals surface area contributed by atoms with E-state index in [1.807, 2.05) is 0 Å². The Labute approximate surface area is 71.9 Å². The van der Waals surface area contributed by atoms with E-state index in [1.165, 1.54) is 0 Å². The van der Waals surface area contributed by atoms with Gasteiger partial charge >= 0.3 is 0 Å². The van der Waals surface area contributed by atoms with Gasteiger partial charge in [-0.1, -0.05) is 0 Å². The largest absolute Gasteiger partial charge is 0.322 e. The van der Waals surface area contributed by atoms with Crippen LogP contribution in [0.3, 0.4) is 0 Å². The van der Waals surface area contributed by atoms with Crippen LogP contribution >= 0.6 is 0 Å². The quantitative estimate of drug-likeness (QED) is 0.649. The van der Waals surface area contributed by atoms with Gasteiger partial charge in [-0.15, -0.1) is 0 Å². The second kappa shape index (κ2) is 3.68. The lowest BCUT2D eigenvalue weighted by molar-refractivity contribution is 0.536. The molecule has 2 nitrogen and oxygen atoms in total. The van der Waals surface area contributed by atoms with Gasteiger partial charge in [0.05, 0.1) is 18.0 Å². The van der Waals surface area contributed by atoms with Gasteiger partial charge in [-0.3, -0.25) is 0 Å². The van der Waals surface area contributed by atoms with Crippen LogP contribution in [0.2, 0.25) is 0 Å². The highest BCUT2D eigenvalue weighted by molar-refractivity contribution is 5.23. The summed E-state index contributed by atoms with van der Waals surface area (Å²) in [4.78, 5) is 0. The van der Waals surface area contributed by atoms with Gasteiger partial charge in [0.1, 0.15) is 5.83 Å². The van der Waals surface area contributed by atoms with Crippen LogP contribution in [0.1, 0.15) is 26.2 Å². The SMILES string of the molecule is C[C@@H](N)/C(F)=C1\CCC[C@H]1C#N. The van der Waals surface area contributed by atoms with E-state index in [-0.39, 0.29) is 11.7 Å². The average Bonchev–Trinajstić information content (AvgIpc) is 2.49. The summed E-state index contributed by atoms with van der Waals surface area (Å²) in [5, 5.41) is 8.68. The lowest BCUT2D eigenvalue weighted by Crippen LogP contribution is -2.17. The zero-order valence-electron chi connectivity index (χ0n) is 7.18. The molecular formula is C9H13FN2. The minimum atomic E-state index is -0.561. The van der Waals surface area contributed by atoms with Gasteiger partial charge in [-0.05, 0) is 31.8 Å². The Morgan fingerprint density at radius 2 is 2.50 bits per heavy atom.